The van der Waals surface area contributed by atoms with Gasteiger partial charge in [-0.2, -0.15) is 5.26 Å². The number of amides is 1. The van der Waals surface area contributed by atoms with Gasteiger partial charge in [-0.15, -0.1) is 0 Å². The van der Waals surface area contributed by atoms with Crippen molar-refractivity contribution in [3.8, 4) is 6.07 Å². The second-order valence-electron chi connectivity index (χ2n) is 7.84. The topological polar surface area (TPSA) is 117 Å². The zero-order valence-electron chi connectivity index (χ0n) is 15.6. The van der Waals surface area contributed by atoms with Gasteiger partial charge in [0.25, 0.3) is 0 Å². The van der Waals surface area contributed by atoms with Gasteiger partial charge in [0.2, 0.25) is 0 Å². The van der Waals surface area contributed by atoms with Crippen LogP contribution in [-0.2, 0) is 4.74 Å². The van der Waals surface area contributed by atoms with E-state index in [1.807, 2.05) is 25.7 Å². The van der Waals surface area contributed by atoms with E-state index in [0.717, 1.165) is 12.8 Å². The molecule has 1 aromatic heterocycles. The molecule has 142 valence electrons. The molecule has 0 aromatic carbocycles. The maximum absolute atomic E-state index is 11.9. The van der Waals surface area contributed by atoms with Gasteiger partial charge in [0, 0.05) is 19.6 Å². The summed E-state index contributed by atoms with van der Waals surface area (Å²) in [5.74, 6) is 0.772. The number of piperidine rings is 1. The lowest BCUT2D eigenvalue weighted by Gasteiger charge is -2.40. The fourth-order valence-electron chi connectivity index (χ4n) is 2.75. The summed E-state index contributed by atoms with van der Waals surface area (Å²) in [6.45, 7) is 9.59. The van der Waals surface area contributed by atoms with Crippen LogP contribution in [0.4, 0.5) is 16.4 Å². The van der Waals surface area contributed by atoms with E-state index in [1.165, 1.54) is 0 Å². The van der Waals surface area contributed by atoms with Crippen LogP contribution in [0.15, 0.2) is 4.60 Å². The van der Waals surface area contributed by atoms with Crippen molar-refractivity contribution in [2.45, 2.75) is 46.1 Å². The highest BCUT2D eigenvalue weighted by Crippen LogP contribution is 2.33. The van der Waals surface area contributed by atoms with Crippen LogP contribution in [0.1, 0.15) is 46.2 Å². The standard InChI is InChI=1S/C17H25BrN6O2/c1-16(2,3)26-15(25)21-10-17(4)5-7-24(8-6-17)14-11(9-19)22-12(18)13(20)23-14/h5-8,10H2,1-4H3,(H2,20,23)(H,21,25). The molecule has 0 saturated carbocycles. The Morgan fingerprint density at radius 2 is 2.04 bits per heavy atom. The van der Waals surface area contributed by atoms with Crippen LogP contribution in [0.25, 0.3) is 0 Å². The van der Waals surface area contributed by atoms with Crippen molar-refractivity contribution < 1.29 is 9.53 Å². The number of carbonyl (C=O) groups excluding carboxylic acids is 1. The number of nitrogens with one attached hydrogen (secondary N) is 1. The zero-order valence-corrected chi connectivity index (χ0v) is 17.2. The smallest absolute Gasteiger partial charge is 0.407 e. The van der Waals surface area contributed by atoms with Crippen molar-refractivity contribution >= 4 is 33.7 Å². The van der Waals surface area contributed by atoms with E-state index in [0.29, 0.717) is 30.1 Å². The first-order valence-electron chi connectivity index (χ1n) is 8.48. The molecule has 1 aliphatic heterocycles. The Morgan fingerprint density at radius 3 is 2.58 bits per heavy atom. The van der Waals surface area contributed by atoms with Gasteiger partial charge in [-0.25, -0.2) is 14.8 Å². The van der Waals surface area contributed by atoms with Crippen LogP contribution in [-0.4, -0.2) is 41.3 Å². The molecular formula is C17H25BrN6O2. The van der Waals surface area contributed by atoms with E-state index in [9.17, 15) is 10.1 Å². The number of alkyl carbamates (subject to hydrolysis) is 1. The molecule has 1 amide bonds. The highest BCUT2D eigenvalue weighted by Gasteiger charge is 2.32. The molecule has 0 bridgehead atoms. The van der Waals surface area contributed by atoms with Crippen molar-refractivity contribution in [1.82, 2.24) is 15.3 Å². The summed E-state index contributed by atoms with van der Waals surface area (Å²) in [6.07, 6.45) is 1.27. The Balaban J connectivity index is 1.97. The van der Waals surface area contributed by atoms with Gasteiger partial charge in [0.15, 0.2) is 17.3 Å². The van der Waals surface area contributed by atoms with Crippen LogP contribution in [0, 0.1) is 16.7 Å². The van der Waals surface area contributed by atoms with Gasteiger partial charge in [-0.05, 0) is 55.0 Å². The van der Waals surface area contributed by atoms with Gasteiger partial charge < -0.3 is 20.7 Å². The number of ether oxygens (including phenoxy) is 1. The Labute approximate surface area is 162 Å². The number of aromatic nitrogens is 2. The van der Waals surface area contributed by atoms with Crippen molar-refractivity contribution in [3.05, 3.63) is 10.3 Å². The summed E-state index contributed by atoms with van der Waals surface area (Å²) < 4.78 is 5.66. The number of rotatable bonds is 3. The Bertz CT molecular complexity index is 717. The molecule has 1 saturated heterocycles. The third kappa shape index (κ3) is 5.21. The van der Waals surface area contributed by atoms with Crippen LogP contribution < -0.4 is 16.0 Å². The van der Waals surface area contributed by atoms with Crippen molar-refractivity contribution in [2.75, 3.05) is 30.3 Å². The maximum atomic E-state index is 11.9. The van der Waals surface area contributed by atoms with Crippen molar-refractivity contribution in [3.63, 3.8) is 0 Å². The highest BCUT2D eigenvalue weighted by molar-refractivity contribution is 9.10. The van der Waals surface area contributed by atoms with Crippen LogP contribution in [0.2, 0.25) is 0 Å². The molecule has 1 aromatic rings. The lowest BCUT2D eigenvalue weighted by Crippen LogP contribution is -2.46. The molecule has 0 aliphatic carbocycles. The van der Waals surface area contributed by atoms with E-state index in [-0.39, 0.29) is 16.9 Å². The quantitative estimate of drug-likeness (QED) is 0.765. The first-order valence-corrected chi connectivity index (χ1v) is 9.27. The van der Waals surface area contributed by atoms with Crippen molar-refractivity contribution in [2.24, 2.45) is 5.41 Å². The minimum atomic E-state index is -0.512. The Kier molecular flexibility index (Phi) is 5.96. The number of carbonyl (C=O) groups is 1. The number of halogens is 1. The summed E-state index contributed by atoms with van der Waals surface area (Å²) in [5, 5.41) is 12.2. The predicted molar refractivity (Wildman–Crippen MR) is 103 cm³/mol. The molecule has 8 nitrogen and oxygen atoms in total. The fraction of sp³-hybridized carbons (Fsp3) is 0.647. The number of nitriles is 1. The number of nitrogen functional groups attached to an aromatic ring is 1. The summed E-state index contributed by atoms with van der Waals surface area (Å²) >= 11 is 3.20. The number of hydrogen-bond donors (Lipinski definition) is 2. The van der Waals surface area contributed by atoms with E-state index < -0.39 is 11.7 Å². The first-order chi connectivity index (χ1) is 12.0. The average molecular weight is 425 g/mol. The molecule has 2 rings (SSSR count). The summed E-state index contributed by atoms with van der Waals surface area (Å²) in [6, 6.07) is 2.07. The summed E-state index contributed by atoms with van der Waals surface area (Å²) in [7, 11) is 0. The maximum Gasteiger partial charge on any atom is 0.407 e. The Morgan fingerprint density at radius 1 is 1.42 bits per heavy atom. The lowest BCUT2D eigenvalue weighted by atomic mass is 9.80. The predicted octanol–water partition coefficient (Wildman–Crippen LogP) is 2.82. The van der Waals surface area contributed by atoms with Crippen LogP contribution in [0.5, 0.6) is 0 Å². The second-order valence-corrected chi connectivity index (χ2v) is 8.59. The molecule has 1 fully saturated rings. The second kappa shape index (κ2) is 7.66. The van der Waals surface area contributed by atoms with Gasteiger partial charge >= 0.3 is 6.09 Å². The molecule has 0 spiro atoms. The molecule has 0 atom stereocenters. The molecule has 2 heterocycles. The average Bonchev–Trinajstić information content (AvgIpc) is 2.54. The minimum absolute atomic E-state index is 0.0471. The van der Waals surface area contributed by atoms with Crippen LogP contribution in [0.3, 0.4) is 0 Å². The van der Waals surface area contributed by atoms with Crippen molar-refractivity contribution in [1.29, 1.82) is 5.26 Å². The van der Waals surface area contributed by atoms with Gasteiger partial charge in [-0.3, -0.25) is 0 Å². The van der Waals surface area contributed by atoms with E-state index in [2.05, 4.69) is 44.2 Å². The van der Waals surface area contributed by atoms with Gasteiger partial charge in [0.05, 0.1) is 0 Å². The zero-order chi connectivity index (χ0) is 19.5. The van der Waals surface area contributed by atoms with Gasteiger partial charge in [0.1, 0.15) is 16.3 Å². The minimum Gasteiger partial charge on any atom is -0.444 e. The monoisotopic (exact) mass is 424 g/mol. The van der Waals surface area contributed by atoms with E-state index in [1.54, 1.807) is 0 Å². The first kappa shape index (κ1) is 20.2. The van der Waals surface area contributed by atoms with Crippen LogP contribution >= 0.6 is 15.9 Å². The van der Waals surface area contributed by atoms with E-state index >= 15 is 0 Å². The molecule has 9 heteroatoms. The number of nitrogens with zero attached hydrogens (tertiary/aromatic N) is 4. The molecule has 1 aliphatic rings. The molecule has 0 radical (unpaired) electrons. The highest BCUT2D eigenvalue weighted by atomic mass is 79.9. The molecular weight excluding hydrogens is 400 g/mol. The summed E-state index contributed by atoms with van der Waals surface area (Å²) in [4.78, 5) is 22.3. The SMILES string of the molecule is CC1(CNC(=O)OC(C)(C)C)CCN(c2nc(N)c(Br)nc2C#N)CC1. The Hall–Kier alpha value is -2.08. The number of hydrogen-bond acceptors (Lipinski definition) is 7. The summed E-state index contributed by atoms with van der Waals surface area (Å²) in [5.41, 5.74) is 5.51. The number of anilines is 2. The lowest BCUT2D eigenvalue weighted by molar-refractivity contribution is 0.0495. The fourth-order valence-corrected chi connectivity index (χ4v) is 3.01. The molecule has 0 unspecified atom stereocenters. The molecule has 3 N–H and O–H groups in total. The largest absolute Gasteiger partial charge is 0.444 e. The van der Waals surface area contributed by atoms with E-state index in [4.69, 9.17) is 10.5 Å². The number of nitrogens with two attached hydrogens (primary N) is 1. The third-order valence-electron chi connectivity index (χ3n) is 4.29. The normalized spacial score (nSPS) is 16.7. The molecule has 26 heavy (non-hydrogen) atoms. The van der Waals surface area contributed by atoms with Gasteiger partial charge in [-0.1, -0.05) is 6.92 Å². The third-order valence-corrected chi connectivity index (χ3v) is 4.88.